The molecular formula is C17H23N3O2. The maximum Gasteiger partial charge on any atom is 0.244 e. The SMILES string of the molecule is CN(C)C/C=C/C(=O)NCC(=O)N1CCc2ccccc2C1. The molecule has 1 N–H and O–H groups in total. The number of hydrogen-bond donors (Lipinski definition) is 1. The monoisotopic (exact) mass is 301 g/mol. The van der Waals surface area contributed by atoms with Gasteiger partial charge in [-0.1, -0.05) is 30.3 Å². The molecule has 0 atom stereocenters. The Kier molecular flexibility index (Phi) is 5.72. The molecule has 118 valence electrons. The average Bonchev–Trinajstić information content (AvgIpc) is 2.51. The summed E-state index contributed by atoms with van der Waals surface area (Å²) in [6.07, 6.45) is 4.12. The molecule has 1 aromatic rings. The second-order valence-corrected chi connectivity index (χ2v) is 5.72. The zero-order chi connectivity index (χ0) is 15.9. The summed E-state index contributed by atoms with van der Waals surface area (Å²) in [5.74, 6) is -0.267. The summed E-state index contributed by atoms with van der Waals surface area (Å²) in [5, 5.41) is 2.64. The van der Waals surface area contributed by atoms with Crippen molar-refractivity contribution >= 4 is 11.8 Å². The standard InChI is InChI=1S/C17H23N3O2/c1-19(2)10-5-8-16(21)18-12-17(22)20-11-9-14-6-3-4-7-15(14)13-20/h3-8H,9-13H2,1-2H3,(H,18,21)/b8-5+. The third-order valence-electron chi connectivity index (χ3n) is 3.64. The molecule has 0 spiro atoms. The largest absolute Gasteiger partial charge is 0.343 e. The number of likely N-dealkylation sites (N-methyl/N-ethyl adjacent to an activating group) is 1. The lowest BCUT2D eigenvalue weighted by Gasteiger charge is -2.28. The zero-order valence-electron chi connectivity index (χ0n) is 13.2. The van der Waals surface area contributed by atoms with Gasteiger partial charge in [-0.3, -0.25) is 9.59 Å². The van der Waals surface area contributed by atoms with E-state index in [4.69, 9.17) is 0 Å². The van der Waals surface area contributed by atoms with Gasteiger partial charge in [0.1, 0.15) is 0 Å². The quantitative estimate of drug-likeness (QED) is 0.819. The van der Waals surface area contributed by atoms with Gasteiger partial charge in [-0.25, -0.2) is 0 Å². The van der Waals surface area contributed by atoms with Crippen LogP contribution in [0.3, 0.4) is 0 Å². The van der Waals surface area contributed by atoms with Gasteiger partial charge in [0.2, 0.25) is 11.8 Å². The van der Waals surface area contributed by atoms with Crippen molar-refractivity contribution in [2.75, 3.05) is 33.7 Å². The minimum Gasteiger partial charge on any atom is -0.343 e. The molecule has 0 radical (unpaired) electrons. The lowest BCUT2D eigenvalue weighted by molar-refractivity contribution is -0.132. The number of nitrogens with zero attached hydrogens (tertiary/aromatic N) is 2. The second kappa shape index (κ2) is 7.75. The number of hydrogen-bond acceptors (Lipinski definition) is 3. The van der Waals surface area contributed by atoms with Gasteiger partial charge in [0, 0.05) is 25.7 Å². The molecule has 2 rings (SSSR count). The molecular weight excluding hydrogens is 278 g/mol. The lowest BCUT2D eigenvalue weighted by Crippen LogP contribution is -2.42. The second-order valence-electron chi connectivity index (χ2n) is 5.72. The minimum atomic E-state index is -0.229. The summed E-state index contributed by atoms with van der Waals surface area (Å²) in [7, 11) is 3.86. The molecule has 5 heteroatoms. The molecule has 0 aromatic heterocycles. The van der Waals surface area contributed by atoms with Crippen LogP contribution >= 0.6 is 0 Å². The predicted octanol–water partition coefficient (Wildman–Crippen LogP) is 0.805. The molecule has 5 nitrogen and oxygen atoms in total. The third-order valence-corrected chi connectivity index (χ3v) is 3.64. The van der Waals surface area contributed by atoms with E-state index in [9.17, 15) is 9.59 Å². The van der Waals surface area contributed by atoms with E-state index in [0.717, 1.165) is 6.42 Å². The van der Waals surface area contributed by atoms with Crippen molar-refractivity contribution in [3.63, 3.8) is 0 Å². The maximum atomic E-state index is 12.2. The molecule has 2 amide bonds. The fraction of sp³-hybridized carbons (Fsp3) is 0.412. The number of carbonyl (C=O) groups excluding carboxylic acids is 2. The Morgan fingerprint density at radius 1 is 1.27 bits per heavy atom. The van der Waals surface area contributed by atoms with Gasteiger partial charge in [-0.2, -0.15) is 0 Å². The highest BCUT2D eigenvalue weighted by molar-refractivity contribution is 5.91. The van der Waals surface area contributed by atoms with Crippen molar-refractivity contribution in [1.82, 2.24) is 15.1 Å². The van der Waals surface area contributed by atoms with Gasteiger partial charge in [0.05, 0.1) is 6.54 Å². The Hall–Kier alpha value is -2.14. The Labute approximate surface area is 131 Å². The first-order chi connectivity index (χ1) is 10.6. The van der Waals surface area contributed by atoms with Gasteiger partial charge in [0.25, 0.3) is 0 Å². The number of carbonyl (C=O) groups is 2. The van der Waals surface area contributed by atoms with E-state index in [1.165, 1.54) is 17.2 Å². The first-order valence-electron chi connectivity index (χ1n) is 7.50. The molecule has 0 aliphatic carbocycles. The highest BCUT2D eigenvalue weighted by atomic mass is 16.2. The van der Waals surface area contributed by atoms with Crippen LogP contribution in [0.25, 0.3) is 0 Å². The van der Waals surface area contributed by atoms with Crippen LogP contribution < -0.4 is 5.32 Å². The number of benzene rings is 1. The molecule has 1 aliphatic heterocycles. The van der Waals surface area contributed by atoms with Crippen molar-refractivity contribution < 1.29 is 9.59 Å². The minimum absolute atomic E-state index is 0.0381. The van der Waals surface area contributed by atoms with E-state index in [2.05, 4.69) is 17.4 Å². The molecule has 1 aromatic carbocycles. The summed E-state index contributed by atoms with van der Waals surface area (Å²) in [6, 6.07) is 8.17. The van der Waals surface area contributed by atoms with Crippen LogP contribution in [-0.4, -0.2) is 55.3 Å². The van der Waals surface area contributed by atoms with Crippen LogP contribution in [0.15, 0.2) is 36.4 Å². The third kappa shape index (κ3) is 4.70. The van der Waals surface area contributed by atoms with E-state index >= 15 is 0 Å². The van der Waals surface area contributed by atoms with Crippen LogP contribution in [0.1, 0.15) is 11.1 Å². The fourth-order valence-corrected chi connectivity index (χ4v) is 2.41. The number of nitrogens with one attached hydrogen (secondary N) is 1. The molecule has 0 saturated heterocycles. The predicted molar refractivity (Wildman–Crippen MR) is 86.3 cm³/mol. The smallest absolute Gasteiger partial charge is 0.244 e. The van der Waals surface area contributed by atoms with Gasteiger partial charge in [0.15, 0.2) is 0 Å². The molecule has 0 bridgehead atoms. The number of rotatable bonds is 5. The van der Waals surface area contributed by atoms with Crippen molar-refractivity contribution in [3.8, 4) is 0 Å². The Morgan fingerprint density at radius 2 is 2.00 bits per heavy atom. The van der Waals surface area contributed by atoms with Gasteiger partial charge < -0.3 is 15.1 Å². The molecule has 22 heavy (non-hydrogen) atoms. The molecule has 0 unspecified atom stereocenters. The summed E-state index contributed by atoms with van der Waals surface area (Å²) in [6.45, 7) is 2.08. The number of amides is 2. The highest BCUT2D eigenvalue weighted by Gasteiger charge is 2.20. The summed E-state index contributed by atoms with van der Waals surface area (Å²) in [5.41, 5.74) is 2.50. The van der Waals surface area contributed by atoms with E-state index in [0.29, 0.717) is 19.6 Å². The van der Waals surface area contributed by atoms with Gasteiger partial charge >= 0.3 is 0 Å². The van der Waals surface area contributed by atoms with E-state index in [1.807, 2.05) is 31.1 Å². The van der Waals surface area contributed by atoms with Crippen molar-refractivity contribution in [2.24, 2.45) is 0 Å². The first kappa shape index (κ1) is 16.2. The normalized spacial score (nSPS) is 14.2. The highest BCUT2D eigenvalue weighted by Crippen LogP contribution is 2.18. The van der Waals surface area contributed by atoms with Crippen molar-refractivity contribution in [2.45, 2.75) is 13.0 Å². The molecule has 1 heterocycles. The van der Waals surface area contributed by atoms with Crippen LogP contribution in [0.4, 0.5) is 0 Å². The Balaban J connectivity index is 1.79. The fourth-order valence-electron chi connectivity index (χ4n) is 2.41. The Morgan fingerprint density at radius 3 is 2.73 bits per heavy atom. The molecule has 0 saturated carbocycles. The van der Waals surface area contributed by atoms with Gasteiger partial charge in [-0.05, 0) is 31.6 Å². The van der Waals surface area contributed by atoms with Crippen LogP contribution in [-0.2, 0) is 22.6 Å². The maximum absolute atomic E-state index is 12.2. The van der Waals surface area contributed by atoms with Crippen molar-refractivity contribution in [1.29, 1.82) is 0 Å². The van der Waals surface area contributed by atoms with E-state index < -0.39 is 0 Å². The van der Waals surface area contributed by atoms with Crippen LogP contribution in [0.2, 0.25) is 0 Å². The number of fused-ring (bicyclic) bond motifs is 1. The molecule has 0 fully saturated rings. The lowest BCUT2D eigenvalue weighted by atomic mass is 10.00. The summed E-state index contributed by atoms with van der Waals surface area (Å²) in [4.78, 5) is 27.6. The van der Waals surface area contributed by atoms with Gasteiger partial charge in [-0.15, -0.1) is 0 Å². The van der Waals surface area contributed by atoms with E-state index in [1.54, 1.807) is 11.0 Å². The molecule has 1 aliphatic rings. The summed E-state index contributed by atoms with van der Waals surface area (Å²) >= 11 is 0. The van der Waals surface area contributed by atoms with Crippen LogP contribution in [0.5, 0.6) is 0 Å². The van der Waals surface area contributed by atoms with Crippen molar-refractivity contribution in [3.05, 3.63) is 47.5 Å². The first-order valence-corrected chi connectivity index (χ1v) is 7.50. The average molecular weight is 301 g/mol. The zero-order valence-corrected chi connectivity index (χ0v) is 13.2. The topological polar surface area (TPSA) is 52.7 Å². The van der Waals surface area contributed by atoms with E-state index in [-0.39, 0.29) is 18.4 Å². The Bertz CT molecular complexity index is 567. The summed E-state index contributed by atoms with van der Waals surface area (Å²) < 4.78 is 0. The van der Waals surface area contributed by atoms with Crippen LogP contribution in [0, 0.1) is 0 Å².